The first kappa shape index (κ1) is 20.6. The molecular weight excluding hydrogens is 394 g/mol. The van der Waals surface area contributed by atoms with Crippen LogP contribution >= 0.6 is 11.3 Å². The van der Waals surface area contributed by atoms with Crippen LogP contribution in [0.3, 0.4) is 0 Å². The Labute approximate surface area is 180 Å². The highest BCUT2D eigenvalue weighted by atomic mass is 32.1. The number of aromatic nitrogens is 2. The number of H-pyrrole nitrogens is 1. The van der Waals surface area contributed by atoms with Crippen LogP contribution in [0, 0.1) is 12.8 Å². The van der Waals surface area contributed by atoms with Crippen LogP contribution in [0.4, 0.5) is 0 Å². The van der Waals surface area contributed by atoms with Gasteiger partial charge in [-0.3, -0.25) is 10.1 Å². The predicted molar refractivity (Wildman–Crippen MR) is 122 cm³/mol. The highest BCUT2D eigenvalue weighted by Gasteiger charge is 2.19. The van der Waals surface area contributed by atoms with Crippen molar-refractivity contribution in [2.75, 3.05) is 0 Å². The molecule has 6 heteroatoms. The molecule has 156 valence electrons. The molecular formula is C24H27N3O2S. The van der Waals surface area contributed by atoms with E-state index in [1.165, 1.54) is 4.88 Å². The van der Waals surface area contributed by atoms with E-state index in [1.807, 2.05) is 30.3 Å². The first-order chi connectivity index (χ1) is 14.6. The lowest BCUT2D eigenvalue weighted by atomic mass is 9.98. The lowest BCUT2D eigenvalue weighted by molar-refractivity contribution is 0.442. The first-order valence-electron chi connectivity index (χ1n) is 10.4. The average molecular weight is 422 g/mol. The number of hydrogen-bond donors (Lipinski definition) is 2. The molecule has 0 aliphatic rings. The molecule has 0 bridgehead atoms. The summed E-state index contributed by atoms with van der Waals surface area (Å²) in [5.41, 5.74) is 2.20. The number of fused-ring (bicyclic) bond motifs is 1. The van der Waals surface area contributed by atoms with Gasteiger partial charge in [-0.05, 0) is 42.5 Å². The van der Waals surface area contributed by atoms with Gasteiger partial charge >= 0.3 is 0 Å². The highest BCUT2D eigenvalue weighted by Crippen LogP contribution is 2.30. The van der Waals surface area contributed by atoms with Crippen LogP contribution in [-0.2, 0) is 13.0 Å². The van der Waals surface area contributed by atoms with E-state index in [0.717, 1.165) is 39.9 Å². The van der Waals surface area contributed by atoms with Crippen molar-refractivity contribution in [3.05, 3.63) is 86.7 Å². The normalized spacial score (nSPS) is 13.6. The summed E-state index contributed by atoms with van der Waals surface area (Å²) in [7, 11) is 0. The van der Waals surface area contributed by atoms with E-state index in [2.05, 4.69) is 43.2 Å². The maximum Gasteiger partial charge on any atom is 0.259 e. The van der Waals surface area contributed by atoms with Crippen LogP contribution in [-0.4, -0.2) is 9.97 Å². The molecule has 0 aliphatic heterocycles. The monoisotopic (exact) mass is 421 g/mol. The molecule has 4 aromatic rings. The number of aryl methyl sites for hydroxylation is 1. The zero-order valence-electron chi connectivity index (χ0n) is 17.6. The summed E-state index contributed by atoms with van der Waals surface area (Å²) in [5.74, 6) is 2.01. The van der Waals surface area contributed by atoms with Crippen LogP contribution in [0.25, 0.3) is 10.2 Å². The Balaban J connectivity index is 1.61. The first-order valence-corrected chi connectivity index (χ1v) is 11.2. The van der Waals surface area contributed by atoms with Gasteiger partial charge in [0, 0.05) is 4.88 Å². The summed E-state index contributed by atoms with van der Waals surface area (Å²) in [5, 5.41) is 4.24. The van der Waals surface area contributed by atoms with Crippen LogP contribution in [0.1, 0.15) is 53.9 Å². The second-order valence-corrected chi connectivity index (χ2v) is 8.99. The Bertz CT molecular complexity index is 1160. The van der Waals surface area contributed by atoms with Crippen molar-refractivity contribution in [1.29, 1.82) is 0 Å². The summed E-state index contributed by atoms with van der Waals surface area (Å²) >= 11 is 1.61. The number of nitrogens with zero attached hydrogens (tertiary/aromatic N) is 1. The maximum atomic E-state index is 12.9. The molecule has 2 N–H and O–H groups in total. The van der Waals surface area contributed by atoms with Gasteiger partial charge in [0.1, 0.15) is 16.4 Å². The Morgan fingerprint density at radius 2 is 2.00 bits per heavy atom. The molecule has 1 aromatic carbocycles. The van der Waals surface area contributed by atoms with E-state index in [0.29, 0.717) is 18.3 Å². The van der Waals surface area contributed by atoms with Crippen molar-refractivity contribution < 1.29 is 4.42 Å². The molecule has 4 rings (SSSR count). The van der Waals surface area contributed by atoms with Crippen molar-refractivity contribution in [1.82, 2.24) is 15.3 Å². The Morgan fingerprint density at radius 3 is 2.70 bits per heavy atom. The second-order valence-electron chi connectivity index (χ2n) is 7.79. The number of rotatable bonds is 8. The van der Waals surface area contributed by atoms with Crippen LogP contribution in [0.5, 0.6) is 0 Å². The van der Waals surface area contributed by atoms with Crippen molar-refractivity contribution in [3.8, 4) is 0 Å². The smallest absolute Gasteiger partial charge is 0.259 e. The van der Waals surface area contributed by atoms with Gasteiger partial charge in [-0.1, -0.05) is 50.6 Å². The van der Waals surface area contributed by atoms with Gasteiger partial charge in [-0.15, -0.1) is 11.3 Å². The van der Waals surface area contributed by atoms with Crippen LogP contribution < -0.4 is 10.9 Å². The van der Waals surface area contributed by atoms with Gasteiger partial charge in [0.2, 0.25) is 0 Å². The Kier molecular flexibility index (Phi) is 6.16. The van der Waals surface area contributed by atoms with Gasteiger partial charge in [0.25, 0.3) is 5.56 Å². The van der Waals surface area contributed by atoms with E-state index in [4.69, 9.17) is 9.40 Å². The van der Waals surface area contributed by atoms with Gasteiger partial charge in [0.15, 0.2) is 0 Å². The quantitative estimate of drug-likeness (QED) is 0.402. The summed E-state index contributed by atoms with van der Waals surface area (Å²) < 4.78 is 5.65. The Morgan fingerprint density at radius 1 is 1.20 bits per heavy atom. The van der Waals surface area contributed by atoms with Gasteiger partial charge < -0.3 is 9.40 Å². The van der Waals surface area contributed by atoms with Gasteiger partial charge in [-0.25, -0.2) is 4.98 Å². The van der Waals surface area contributed by atoms with E-state index in [9.17, 15) is 4.79 Å². The maximum absolute atomic E-state index is 12.9. The molecule has 0 saturated carbocycles. The fourth-order valence-corrected chi connectivity index (χ4v) is 4.80. The molecule has 30 heavy (non-hydrogen) atoms. The minimum Gasteiger partial charge on any atom is -0.467 e. The molecule has 0 unspecified atom stereocenters. The molecule has 0 aliphatic carbocycles. The third-order valence-electron chi connectivity index (χ3n) is 5.60. The molecule has 3 heterocycles. The third kappa shape index (κ3) is 4.25. The number of furan rings is 1. The number of aromatic amines is 1. The summed E-state index contributed by atoms with van der Waals surface area (Å²) in [6.07, 6.45) is 3.68. The van der Waals surface area contributed by atoms with E-state index < -0.39 is 0 Å². The Hall–Kier alpha value is -2.70. The standard InChI is InChI=1S/C24H27N3O2S/c1-4-15(2)13-18-16(3)30-24-21(18)23(28)26-20(27-24)14-25-22(19-11-8-12-29-19)17-9-6-5-7-10-17/h5-12,15,22,25H,4,13-14H2,1-3H3,(H,26,27,28)/t15-,22+/m1/s1. The summed E-state index contributed by atoms with van der Waals surface area (Å²) in [6.45, 7) is 6.93. The lowest BCUT2D eigenvalue weighted by Crippen LogP contribution is -2.24. The molecule has 3 aromatic heterocycles. The topological polar surface area (TPSA) is 70.9 Å². The van der Waals surface area contributed by atoms with Crippen molar-refractivity contribution >= 4 is 21.6 Å². The lowest BCUT2D eigenvalue weighted by Gasteiger charge is -2.17. The number of nitrogens with one attached hydrogen (secondary N) is 2. The van der Waals surface area contributed by atoms with Gasteiger partial charge in [-0.2, -0.15) is 0 Å². The van der Waals surface area contributed by atoms with Crippen LogP contribution in [0.15, 0.2) is 57.9 Å². The fourth-order valence-electron chi connectivity index (χ4n) is 3.72. The SMILES string of the molecule is CC[C@@H](C)Cc1c(C)sc2nc(CN[C@@H](c3ccccc3)c3ccco3)[nH]c(=O)c12. The zero-order valence-corrected chi connectivity index (χ0v) is 18.4. The predicted octanol–water partition coefficient (Wildman–Crippen LogP) is 5.35. The third-order valence-corrected chi connectivity index (χ3v) is 6.64. The molecule has 0 fully saturated rings. The summed E-state index contributed by atoms with van der Waals surface area (Å²) in [6, 6.07) is 13.8. The van der Waals surface area contributed by atoms with Crippen LogP contribution in [0.2, 0.25) is 0 Å². The molecule has 2 atom stereocenters. The summed E-state index contributed by atoms with van der Waals surface area (Å²) in [4.78, 5) is 22.7. The number of benzene rings is 1. The minimum absolute atomic E-state index is 0.0475. The fraction of sp³-hybridized carbons (Fsp3) is 0.333. The molecule has 0 amide bonds. The molecule has 0 radical (unpaired) electrons. The van der Waals surface area contributed by atoms with E-state index in [-0.39, 0.29) is 11.6 Å². The van der Waals surface area contributed by atoms with Crippen molar-refractivity contribution in [3.63, 3.8) is 0 Å². The van der Waals surface area contributed by atoms with Gasteiger partial charge in [0.05, 0.1) is 24.2 Å². The largest absolute Gasteiger partial charge is 0.467 e. The van der Waals surface area contributed by atoms with E-state index >= 15 is 0 Å². The number of thiophene rings is 1. The van der Waals surface area contributed by atoms with E-state index in [1.54, 1.807) is 17.6 Å². The molecule has 0 saturated heterocycles. The highest BCUT2D eigenvalue weighted by molar-refractivity contribution is 7.18. The van der Waals surface area contributed by atoms with Crippen molar-refractivity contribution in [2.45, 2.75) is 46.2 Å². The van der Waals surface area contributed by atoms with Crippen molar-refractivity contribution in [2.24, 2.45) is 5.92 Å². The second kappa shape index (κ2) is 8.98. The zero-order chi connectivity index (χ0) is 21.1. The molecule has 0 spiro atoms. The molecule has 5 nitrogen and oxygen atoms in total. The average Bonchev–Trinajstić information content (AvgIpc) is 3.37. The number of hydrogen-bond acceptors (Lipinski definition) is 5. The minimum atomic E-state index is -0.117.